The Morgan fingerprint density at radius 1 is 1.32 bits per heavy atom. The molecule has 0 saturated heterocycles. The lowest BCUT2D eigenvalue weighted by Gasteiger charge is -2.32. The topological polar surface area (TPSA) is 116 Å². The highest BCUT2D eigenvalue weighted by Gasteiger charge is 2.32. The van der Waals surface area contributed by atoms with E-state index in [0.29, 0.717) is 12.8 Å². The lowest BCUT2D eigenvalue weighted by atomic mass is 9.89. The maximum atomic E-state index is 12.1. The second-order valence-electron chi connectivity index (χ2n) is 4.80. The number of sulfonamides is 1. The Bertz CT molecular complexity index is 712. The summed E-state index contributed by atoms with van der Waals surface area (Å²) in [7, 11) is -1.31. The summed E-state index contributed by atoms with van der Waals surface area (Å²) in [5.74, 6) is 0. The molecule has 0 amide bonds. The number of rotatable bonds is 3. The zero-order chi connectivity index (χ0) is 14.4. The normalized spacial score (nSPS) is 23.1. The third-order valence-corrected chi connectivity index (χ3v) is 4.70. The van der Waals surface area contributed by atoms with Gasteiger partial charge in [-0.05, 0) is 12.8 Å². The molecular weight excluding hydrogens is 272 g/mol. The zero-order valence-electron chi connectivity index (χ0n) is 10.7. The second-order valence-corrected chi connectivity index (χ2v) is 6.48. The molecule has 0 bridgehead atoms. The van der Waals surface area contributed by atoms with Crippen molar-refractivity contribution in [3.63, 3.8) is 0 Å². The monoisotopic (exact) mass is 288 g/mol. The van der Waals surface area contributed by atoms with Gasteiger partial charge in [-0.25, -0.2) is 17.9 Å². The third-order valence-electron chi connectivity index (χ3n) is 3.20. The van der Waals surface area contributed by atoms with Crippen molar-refractivity contribution in [1.29, 1.82) is 0 Å². The van der Waals surface area contributed by atoms with Crippen LogP contribution in [0.2, 0.25) is 0 Å². The first-order valence-electron chi connectivity index (χ1n) is 5.77. The van der Waals surface area contributed by atoms with Crippen molar-refractivity contribution in [2.45, 2.75) is 29.8 Å². The highest BCUT2D eigenvalue weighted by molar-refractivity contribution is 7.89. The van der Waals surface area contributed by atoms with Crippen molar-refractivity contribution in [2.24, 2.45) is 19.8 Å². The lowest BCUT2D eigenvalue weighted by Crippen LogP contribution is -2.51. The first kappa shape index (κ1) is 14.0. The van der Waals surface area contributed by atoms with Gasteiger partial charge >= 0.3 is 5.69 Å². The van der Waals surface area contributed by atoms with Crippen LogP contribution in [0.1, 0.15) is 12.8 Å². The summed E-state index contributed by atoms with van der Waals surface area (Å²) in [4.78, 5) is 22.9. The van der Waals surface area contributed by atoms with Crippen LogP contribution in [0.25, 0.3) is 0 Å². The summed E-state index contributed by atoms with van der Waals surface area (Å²) in [5.41, 5.74) is 4.17. The van der Waals surface area contributed by atoms with Crippen molar-refractivity contribution < 1.29 is 8.42 Å². The van der Waals surface area contributed by atoms with E-state index >= 15 is 0 Å². The van der Waals surface area contributed by atoms with E-state index in [9.17, 15) is 18.0 Å². The number of nitrogens with two attached hydrogens (primary N) is 1. The van der Waals surface area contributed by atoms with Gasteiger partial charge < -0.3 is 10.3 Å². The third kappa shape index (κ3) is 2.48. The van der Waals surface area contributed by atoms with Crippen LogP contribution < -0.4 is 21.7 Å². The SMILES string of the molecule is Cn1cc(S(=O)(=O)NC2CC(N)C2)c(=O)n(C)c1=O. The van der Waals surface area contributed by atoms with Crippen LogP contribution in [0.4, 0.5) is 0 Å². The summed E-state index contributed by atoms with van der Waals surface area (Å²) in [6.45, 7) is 0. The molecular formula is C10H16N4O4S. The summed E-state index contributed by atoms with van der Waals surface area (Å²) >= 11 is 0. The van der Waals surface area contributed by atoms with Gasteiger partial charge in [0.05, 0.1) is 0 Å². The molecule has 1 aromatic heterocycles. The molecule has 0 radical (unpaired) electrons. The van der Waals surface area contributed by atoms with Crippen LogP contribution in [0.5, 0.6) is 0 Å². The van der Waals surface area contributed by atoms with E-state index in [-0.39, 0.29) is 12.1 Å². The van der Waals surface area contributed by atoms with Crippen LogP contribution >= 0.6 is 0 Å². The van der Waals surface area contributed by atoms with E-state index in [4.69, 9.17) is 5.73 Å². The summed E-state index contributed by atoms with van der Waals surface area (Å²) in [6, 6.07) is -0.252. The van der Waals surface area contributed by atoms with E-state index in [1.807, 2.05) is 0 Å². The number of aryl methyl sites for hydroxylation is 1. The van der Waals surface area contributed by atoms with Crippen LogP contribution in [0.3, 0.4) is 0 Å². The molecule has 1 saturated carbocycles. The van der Waals surface area contributed by atoms with Gasteiger partial charge in [-0.2, -0.15) is 0 Å². The van der Waals surface area contributed by atoms with Crippen LogP contribution in [0, 0.1) is 0 Å². The van der Waals surface area contributed by atoms with Gasteiger partial charge in [0.15, 0.2) is 4.90 Å². The number of hydrogen-bond donors (Lipinski definition) is 2. The van der Waals surface area contributed by atoms with Gasteiger partial charge in [0.1, 0.15) is 0 Å². The highest BCUT2D eigenvalue weighted by Crippen LogP contribution is 2.19. The number of aromatic nitrogens is 2. The van der Waals surface area contributed by atoms with Crippen molar-refractivity contribution in [3.8, 4) is 0 Å². The molecule has 1 fully saturated rings. The van der Waals surface area contributed by atoms with Crippen LogP contribution in [0.15, 0.2) is 20.7 Å². The van der Waals surface area contributed by atoms with E-state index in [1.54, 1.807) is 0 Å². The standard InChI is InChI=1S/C10H16N4O4S/c1-13-5-8(9(15)14(2)10(13)16)19(17,18)12-7-3-6(11)4-7/h5-7,12H,3-4,11H2,1-2H3. The zero-order valence-corrected chi connectivity index (χ0v) is 11.5. The number of nitrogens with zero attached hydrogens (tertiary/aromatic N) is 2. The molecule has 1 aromatic rings. The molecule has 1 aliphatic carbocycles. The molecule has 19 heavy (non-hydrogen) atoms. The van der Waals surface area contributed by atoms with E-state index < -0.39 is 26.2 Å². The molecule has 0 spiro atoms. The summed E-state index contributed by atoms with van der Waals surface area (Å²) in [6.07, 6.45) is 2.13. The Morgan fingerprint density at radius 2 is 1.89 bits per heavy atom. The van der Waals surface area contributed by atoms with Crippen LogP contribution in [-0.4, -0.2) is 29.6 Å². The molecule has 1 heterocycles. The Kier molecular flexibility index (Phi) is 3.37. The predicted molar refractivity (Wildman–Crippen MR) is 68.2 cm³/mol. The minimum Gasteiger partial charge on any atom is -0.328 e. The highest BCUT2D eigenvalue weighted by atomic mass is 32.2. The largest absolute Gasteiger partial charge is 0.330 e. The Morgan fingerprint density at radius 3 is 2.42 bits per heavy atom. The van der Waals surface area contributed by atoms with E-state index in [1.165, 1.54) is 14.1 Å². The molecule has 0 aliphatic heterocycles. The Hall–Kier alpha value is -1.45. The lowest BCUT2D eigenvalue weighted by molar-refractivity contribution is 0.327. The van der Waals surface area contributed by atoms with E-state index in [0.717, 1.165) is 15.3 Å². The molecule has 0 aromatic carbocycles. The first-order chi connectivity index (χ1) is 8.72. The van der Waals surface area contributed by atoms with Crippen LogP contribution in [-0.2, 0) is 24.1 Å². The van der Waals surface area contributed by atoms with Gasteiger partial charge in [-0.1, -0.05) is 0 Å². The van der Waals surface area contributed by atoms with Gasteiger partial charge in [0, 0.05) is 32.4 Å². The van der Waals surface area contributed by atoms with Crippen molar-refractivity contribution in [1.82, 2.24) is 13.9 Å². The summed E-state index contributed by atoms with van der Waals surface area (Å²) < 4.78 is 28.4. The fourth-order valence-electron chi connectivity index (χ4n) is 2.00. The second kappa shape index (κ2) is 4.58. The maximum Gasteiger partial charge on any atom is 0.330 e. The average Bonchev–Trinajstić information content (AvgIpc) is 2.28. The number of hydrogen-bond acceptors (Lipinski definition) is 5. The summed E-state index contributed by atoms with van der Waals surface area (Å²) in [5, 5.41) is 0. The number of nitrogens with one attached hydrogen (secondary N) is 1. The maximum absolute atomic E-state index is 12.1. The Labute approximate surface area is 109 Å². The predicted octanol–water partition coefficient (Wildman–Crippen LogP) is -2.15. The molecule has 9 heteroatoms. The minimum atomic E-state index is -3.93. The minimum absolute atomic E-state index is 0.00402. The fourth-order valence-corrected chi connectivity index (χ4v) is 3.42. The van der Waals surface area contributed by atoms with Gasteiger partial charge in [-0.15, -0.1) is 0 Å². The molecule has 0 unspecified atom stereocenters. The Balaban J connectivity index is 2.41. The quantitative estimate of drug-likeness (QED) is 0.658. The average molecular weight is 288 g/mol. The fraction of sp³-hybridized carbons (Fsp3) is 0.600. The van der Waals surface area contributed by atoms with Gasteiger partial charge in [0.25, 0.3) is 5.56 Å². The molecule has 8 nitrogen and oxygen atoms in total. The van der Waals surface area contributed by atoms with Crippen molar-refractivity contribution in [2.75, 3.05) is 0 Å². The molecule has 2 rings (SSSR count). The molecule has 0 atom stereocenters. The smallest absolute Gasteiger partial charge is 0.328 e. The van der Waals surface area contributed by atoms with Crippen molar-refractivity contribution in [3.05, 3.63) is 27.0 Å². The molecule has 3 N–H and O–H groups in total. The van der Waals surface area contributed by atoms with E-state index in [2.05, 4.69) is 4.72 Å². The van der Waals surface area contributed by atoms with Gasteiger partial charge in [0.2, 0.25) is 10.0 Å². The molecule has 106 valence electrons. The van der Waals surface area contributed by atoms with Crippen molar-refractivity contribution >= 4 is 10.0 Å². The molecule has 1 aliphatic rings. The van der Waals surface area contributed by atoms with Gasteiger partial charge in [-0.3, -0.25) is 9.36 Å². The first-order valence-corrected chi connectivity index (χ1v) is 7.25.